The zero-order chi connectivity index (χ0) is 21.8. The molecule has 1 atom stereocenters. The number of carbonyl (C=O) groups excluding carboxylic acids is 1. The van der Waals surface area contributed by atoms with Gasteiger partial charge in [-0.3, -0.25) is 4.79 Å². The van der Waals surface area contributed by atoms with Crippen LogP contribution in [-0.2, 0) is 21.2 Å². The molecule has 1 saturated heterocycles. The van der Waals surface area contributed by atoms with E-state index < -0.39 is 10.0 Å². The molecule has 1 heterocycles. The summed E-state index contributed by atoms with van der Waals surface area (Å²) in [6.07, 6.45) is 4.80. The lowest BCUT2D eigenvalue weighted by Crippen LogP contribution is -2.37. The Morgan fingerprint density at radius 3 is 2.52 bits per heavy atom. The van der Waals surface area contributed by atoms with Crippen LogP contribution in [-0.4, -0.2) is 38.3 Å². The normalized spacial score (nSPS) is 20.1. The lowest BCUT2D eigenvalue weighted by Gasteiger charge is -2.29. The van der Waals surface area contributed by atoms with Crippen LogP contribution in [0.2, 0.25) is 0 Å². The molecule has 0 aromatic heterocycles. The van der Waals surface area contributed by atoms with E-state index in [1.165, 1.54) is 11.1 Å². The molecule has 7 heteroatoms. The number of ether oxygens (including phenoxy) is 1. The molecule has 1 fully saturated rings. The number of hydrogen-bond donors (Lipinski definition) is 1. The standard InChI is InChI=1S/C24H30N2O4S/c1-18-13-15-26(16-14-18)31(28,29)21-11-9-20(10-12-21)30-17-24(27)25-23-8-4-6-19-5-2-3-7-22(19)23/h2-3,5,7,9-12,18,23H,4,6,8,13-17H2,1H3,(H,25,27)/t23-/m0/s1. The van der Waals surface area contributed by atoms with Crippen LogP contribution in [0.3, 0.4) is 0 Å². The van der Waals surface area contributed by atoms with Gasteiger partial charge in [0.1, 0.15) is 5.75 Å². The average Bonchev–Trinajstić information content (AvgIpc) is 2.78. The lowest BCUT2D eigenvalue weighted by atomic mass is 9.88. The summed E-state index contributed by atoms with van der Waals surface area (Å²) in [4.78, 5) is 12.7. The number of nitrogens with zero attached hydrogens (tertiary/aromatic N) is 1. The van der Waals surface area contributed by atoms with E-state index in [1.54, 1.807) is 28.6 Å². The molecule has 31 heavy (non-hydrogen) atoms. The van der Waals surface area contributed by atoms with E-state index in [9.17, 15) is 13.2 Å². The highest BCUT2D eigenvalue weighted by molar-refractivity contribution is 7.89. The second-order valence-electron chi connectivity index (χ2n) is 8.56. The van der Waals surface area contributed by atoms with Gasteiger partial charge in [0.05, 0.1) is 10.9 Å². The van der Waals surface area contributed by atoms with Crippen molar-refractivity contribution in [2.45, 2.75) is 50.0 Å². The minimum Gasteiger partial charge on any atom is -0.484 e. The summed E-state index contributed by atoms with van der Waals surface area (Å²) in [6, 6.07) is 14.6. The quantitative estimate of drug-likeness (QED) is 0.741. The van der Waals surface area contributed by atoms with Crippen LogP contribution < -0.4 is 10.1 Å². The number of hydrogen-bond acceptors (Lipinski definition) is 4. The SMILES string of the molecule is CC1CCN(S(=O)(=O)c2ccc(OCC(=O)N[C@H]3CCCc4ccccc43)cc2)CC1. The van der Waals surface area contributed by atoms with Crippen molar-refractivity contribution in [1.29, 1.82) is 0 Å². The number of nitrogens with one attached hydrogen (secondary N) is 1. The topological polar surface area (TPSA) is 75.7 Å². The molecule has 6 nitrogen and oxygen atoms in total. The predicted molar refractivity (Wildman–Crippen MR) is 119 cm³/mol. The van der Waals surface area contributed by atoms with Crippen LogP contribution in [0.1, 0.15) is 49.8 Å². The van der Waals surface area contributed by atoms with Crippen molar-refractivity contribution in [1.82, 2.24) is 9.62 Å². The Labute approximate surface area is 184 Å². The summed E-state index contributed by atoms with van der Waals surface area (Å²) in [5.74, 6) is 0.863. The molecular weight excluding hydrogens is 412 g/mol. The van der Waals surface area contributed by atoms with Crippen LogP contribution in [0.5, 0.6) is 5.75 Å². The monoisotopic (exact) mass is 442 g/mol. The van der Waals surface area contributed by atoms with Gasteiger partial charge in [0.2, 0.25) is 10.0 Å². The number of piperidine rings is 1. The Hall–Kier alpha value is -2.38. The smallest absolute Gasteiger partial charge is 0.258 e. The molecule has 0 spiro atoms. The van der Waals surface area contributed by atoms with Crippen molar-refractivity contribution in [3.8, 4) is 5.75 Å². The first kappa shape index (κ1) is 21.8. The molecule has 2 aromatic carbocycles. The third-order valence-electron chi connectivity index (χ3n) is 6.28. The molecule has 1 aliphatic heterocycles. The van der Waals surface area contributed by atoms with Crippen LogP contribution in [0, 0.1) is 5.92 Å². The molecule has 0 radical (unpaired) electrons. The molecule has 0 unspecified atom stereocenters. The van der Waals surface area contributed by atoms with E-state index >= 15 is 0 Å². The lowest BCUT2D eigenvalue weighted by molar-refractivity contribution is -0.124. The first-order valence-corrected chi connectivity index (χ1v) is 12.5. The second kappa shape index (κ2) is 9.40. The molecule has 1 N–H and O–H groups in total. The molecule has 2 aromatic rings. The maximum absolute atomic E-state index is 12.8. The van der Waals surface area contributed by atoms with E-state index in [4.69, 9.17) is 4.74 Å². The Kier molecular flexibility index (Phi) is 6.62. The van der Waals surface area contributed by atoms with Crippen LogP contribution in [0.4, 0.5) is 0 Å². The molecule has 166 valence electrons. The number of carbonyl (C=O) groups is 1. The van der Waals surface area contributed by atoms with Gasteiger partial charge in [-0.2, -0.15) is 4.31 Å². The minimum absolute atomic E-state index is 0.0147. The van der Waals surface area contributed by atoms with Gasteiger partial charge >= 0.3 is 0 Å². The van der Waals surface area contributed by atoms with Crippen molar-refractivity contribution in [3.05, 3.63) is 59.7 Å². The fourth-order valence-corrected chi connectivity index (χ4v) is 5.84. The summed E-state index contributed by atoms with van der Waals surface area (Å²) in [5, 5.41) is 3.06. The van der Waals surface area contributed by atoms with Crippen LogP contribution in [0.25, 0.3) is 0 Å². The first-order chi connectivity index (χ1) is 14.9. The van der Waals surface area contributed by atoms with Gasteiger partial charge in [0.15, 0.2) is 6.61 Å². The van der Waals surface area contributed by atoms with Crippen molar-refractivity contribution in [2.24, 2.45) is 5.92 Å². The molecule has 2 aliphatic rings. The van der Waals surface area contributed by atoms with Gasteiger partial charge in [0.25, 0.3) is 5.91 Å². The van der Waals surface area contributed by atoms with Gasteiger partial charge in [-0.15, -0.1) is 0 Å². The fourth-order valence-electron chi connectivity index (χ4n) is 4.37. The maximum Gasteiger partial charge on any atom is 0.258 e. The van der Waals surface area contributed by atoms with Gasteiger partial charge in [0, 0.05) is 13.1 Å². The molecule has 0 saturated carbocycles. The largest absolute Gasteiger partial charge is 0.484 e. The summed E-state index contributed by atoms with van der Waals surface area (Å²) in [5.41, 5.74) is 2.48. The molecule has 1 aliphatic carbocycles. The maximum atomic E-state index is 12.8. The van der Waals surface area contributed by atoms with Gasteiger partial charge < -0.3 is 10.1 Å². The second-order valence-corrected chi connectivity index (χ2v) is 10.5. The fraction of sp³-hybridized carbons (Fsp3) is 0.458. The Balaban J connectivity index is 1.32. The zero-order valence-corrected chi connectivity index (χ0v) is 18.7. The van der Waals surface area contributed by atoms with Crippen LogP contribution in [0.15, 0.2) is 53.4 Å². The molecule has 4 rings (SSSR count). The number of rotatable bonds is 6. The number of sulfonamides is 1. The number of aryl methyl sites for hydroxylation is 1. The van der Waals surface area contributed by atoms with Crippen molar-refractivity contribution in [2.75, 3.05) is 19.7 Å². The highest BCUT2D eigenvalue weighted by Gasteiger charge is 2.28. The van der Waals surface area contributed by atoms with Gasteiger partial charge in [-0.25, -0.2) is 8.42 Å². The van der Waals surface area contributed by atoms with E-state index in [1.807, 2.05) is 12.1 Å². The van der Waals surface area contributed by atoms with E-state index in [2.05, 4.69) is 24.4 Å². The summed E-state index contributed by atoms with van der Waals surface area (Å²) in [6.45, 7) is 3.17. The van der Waals surface area contributed by atoms with E-state index in [-0.39, 0.29) is 23.5 Å². The molecule has 0 bridgehead atoms. The zero-order valence-electron chi connectivity index (χ0n) is 17.9. The highest BCUT2D eigenvalue weighted by atomic mass is 32.2. The first-order valence-electron chi connectivity index (χ1n) is 11.0. The Bertz CT molecular complexity index is 1010. The molecular formula is C24H30N2O4S. The summed E-state index contributed by atoms with van der Waals surface area (Å²) >= 11 is 0. The summed E-state index contributed by atoms with van der Waals surface area (Å²) < 4.78 is 32.8. The number of fused-ring (bicyclic) bond motifs is 1. The van der Waals surface area contributed by atoms with E-state index in [0.29, 0.717) is 24.8 Å². The number of amides is 1. The number of benzene rings is 2. The van der Waals surface area contributed by atoms with E-state index in [0.717, 1.165) is 32.1 Å². The molecule has 1 amide bonds. The average molecular weight is 443 g/mol. The predicted octanol–water partition coefficient (Wildman–Crippen LogP) is 3.68. The van der Waals surface area contributed by atoms with Crippen molar-refractivity contribution >= 4 is 15.9 Å². The third kappa shape index (κ3) is 5.10. The van der Waals surface area contributed by atoms with Gasteiger partial charge in [-0.1, -0.05) is 31.2 Å². The van der Waals surface area contributed by atoms with Crippen molar-refractivity contribution < 1.29 is 17.9 Å². The summed E-state index contributed by atoms with van der Waals surface area (Å²) in [7, 11) is -3.48. The van der Waals surface area contributed by atoms with Crippen LogP contribution >= 0.6 is 0 Å². The Morgan fingerprint density at radius 1 is 1.06 bits per heavy atom. The highest BCUT2D eigenvalue weighted by Crippen LogP contribution is 2.29. The Morgan fingerprint density at radius 2 is 1.77 bits per heavy atom. The third-order valence-corrected chi connectivity index (χ3v) is 8.19. The minimum atomic E-state index is -3.48. The van der Waals surface area contributed by atoms with Gasteiger partial charge in [-0.05, 0) is 73.4 Å². The van der Waals surface area contributed by atoms with Crippen molar-refractivity contribution in [3.63, 3.8) is 0 Å².